The van der Waals surface area contributed by atoms with Gasteiger partial charge in [0.1, 0.15) is 0 Å². The highest BCUT2D eigenvalue weighted by molar-refractivity contribution is 5.73. The molecule has 1 aliphatic heterocycles. The summed E-state index contributed by atoms with van der Waals surface area (Å²) >= 11 is 0. The maximum atomic E-state index is 11.6. The lowest BCUT2D eigenvalue weighted by atomic mass is 10.1. The zero-order valence-corrected chi connectivity index (χ0v) is 12.9. The molecule has 1 rings (SSSR count). The molecule has 2 unspecified atom stereocenters. The fraction of sp³-hybridized carbons (Fsp3) is 0.857. The van der Waals surface area contributed by atoms with Gasteiger partial charge in [-0.1, -0.05) is 13.8 Å². The number of carbonyl (C=O) groups excluding carboxylic acids is 1. The summed E-state index contributed by atoms with van der Waals surface area (Å²) in [6.07, 6.45) is 1.26. The molecule has 0 bridgehead atoms. The van der Waals surface area contributed by atoms with Crippen LogP contribution in [0.2, 0.25) is 0 Å². The molecular formula is C14H27N3O4. The summed E-state index contributed by atoms with van der Waals surface area (Å²) in [5, 5.41) is 14.3. The van der Waals surface area contributed by atoms with Gasteiger partial charge in [0.05, 0.1) is 18.6 Å². The van der Waals surface area contributed by atoms with Gasteiger partial charge in [-0.3, -0.25) is 9.69 Å². The van der Waals surface area contributed by atoms with E-state index in [1.807, 2.05) is 0 Å². The quantitative estimate of drug-likeness (QED) is 0.568. The van der Waals surface area contributed by atoms with E-state index >= 15 is 0 Å². The van der Waals surface area contributed by atoms with Crippen LogP contribution in [-0.4, -0.2) is 67.4 Å². The standard InChI is InChI=1S/C14H27N3O4/c1-3-17-7-8-21-12(10-17)9-16-14(20)15-6-4-5-11(2)13(18)19/h11-12H,3-10H2,1-2H3,(H,18,19)(H2,15,16,20). The molecule has 3 N–H and O–H groups in total. The van der Waals surface area contributed by atoms with Crippen LogP contribution in [0.5, 0.6) is 0 Å². The van der Waals surface area contributed by atoms with E-state index in [0.717, 1.165) is 19.6 Å². The highest BCUT2D eigenvalue weighted by Crippen LogP contribution is 2.04. The van der Waals surface area contributed by atoms with Gasteiger partial charge in [-0.2, -0.15) is 0 Å². The molecule has 7 heteroatoms. The van der Waals surface area contributed by atoms with Gasteiger partial charge in [0.2, 0.25) is 0 Å². The average molecular weight is 301 g/mol. The largest absolute Gasteiger partial charge is 0.481 e. The number of ether oxygens (including phenoxy) is 1. The van der Waals surface area contributed by atoms with E-state index in [1.165, 1.54) is 0 Å². The molecule has 1 heterocycles. The molecule has 122 valence electrons. The highest BCUT2D eigenvalue weighted by Gasteiger charge is 2.19. The molecule has 0 aromatic rings. The number of nitrogens with one attached hydrogen (secondary N) is 2. The number of hydrogen-bond acceptors (Lipinski definition) is 4. The van der Waals surface area contributed by atoms with Crippen LogP contribution in [0, 0.1) is 5.92 Å². The lowest BCUT2D eigenvalue weighted by Gasteiger charge is -2.32. The molecule has 0 aliphatic carbocycles. The summed E-state index contributed by atoms with van der Waals surface area (Å²) in [5.74, 6) is -1.17. The van der Waals surface area contributed by atoms with Crippen molar-refractivity contribution in [2.24, 2.45) is 5.92 Å². The Kier molecular flexibility index (Phi) is 8.07. The molecule has 1 fully saturated rings. The van der Waals surface area contributed by atoms with Crippen LogP contribution in [0.25, 0.3) is 0 Å². The van der Waals surface area contributed by atoms with E-state index < -0.39 is 5.97 Å². The summed E-state index contributed by atoms with van der Waals surface area (Å²) in [4.78, 5) is 24.5. The van der Waals surface area contributed by atoms with Gasteiger partial charge in [-0.15, -0.1) is 0 Å². The van der Waals surface area contributed by atoms with E-state index in [9.17, 15) is 9.59 Å². The smallest absolute Gasteiger partial charge is 0.314 e. The van der Waals surface area contributed by atoms with Gasteiger partial charge < -0.3 is 20.5 Å². The number of urea groups is 1. The molecule has 7 nitrogen and oxygen atoms in total. The second-order valence-electron chi connectivity index (χ2n) is 5.40. The first kappa shape index (κ1) is 17.7. The van der Waals surface area contributed by atoms with Crippen molar-refractivity contribution in [2.75, 3.05) is 39.3 Å². The van der Waals surface area contributed by atoms with E-state index in [0.29, 0.717) is 32.5 Å². The van der Waals surface area contributed by atoms with Crippen molar-refractivity contribution < 1.29 is 19.4 Å². The maximum Gasteiger partial charge on any atom is 0.314 e. The van der Waals surface area contributed by atoms with Crippen molar-refractivity contribution in [1.82, 2.24) is 15.5 Å². The Morgan fingerprint density at radius 1 is 1.43 bits per heavy atom. The number of carboxylic acids is 1. The summed E-state index contributed by atoms with van der Waals surface area (Å²) < 4.78 is 5.59. The number of amides is 2. The molecule has 2 atom stereocenters. The molecule has 0 radical (unpaired) electrons. The van der Waals surface area contributed by atoms with E-state index in [1.54, 1.807) is 6.92 Å². The van der Waals surface area contributed by atoms with Crippen LogP contribution in [0.15, 0.2) is 0 Å². The minimum Gasteiger partial charge on any atom is -0.481 e. The Hall–Kier alpha value is -1.34. The molecule has 21 heavy (non-hydrogen) atoms. The second kappa shape index (κ2) is 9.57. The average Bonchev–Trinajstić information content (AvgIpc) is 2.49. The first-order valence-electron chi connectivity index (χ1n) is 7.61. The molecule has 0 aromatic carbocycles. The number of hydrogen-bond donors (Lipinski definition) is 3. The van der Waals surface area contributed by atoms with Crippen LogP contribution >= 0.6 is 0 Å². The lowest BCUT2D eigenvalue weighted by Crippen LogP contribution is -2.49. The molecule has 1 aliphatic rings. The van der Waals surface area contributed by atoms with Crippen molar-refractivity contribution >= 4 is 12.0 Å². The van der Waals surface area contributed by atoms with Gasteiger partial charge in [0, 0.05) is 26.2 Å². The summed E-state index contributed by atoms with van der Waals surface area (Å²) in [7, 11) is 0. The van der Waals surface area contributed by atoms with E-state index in [-0.39, 0.29) is 18.1 Å². The van der Waals surface area contributed by atoms with Gasteiger partial charge >= 0.3 is 12.0 Å². The van der Waals surface area contributed by atoms with Gasteiger partial charge in [-0.05, 0) is 19.4 Å². The highest BCUT2D eigenvalue weighted by atomic mass is 16.5. The van der Waals surface area contributed by atoms with Gasteiger partial charge in [0.15, 0.2) is 0 Å². The fourth-order valence-electron chi connectivity index (χ4n) is 2.19. The predicted octanol–water partition coefficient (Wildman–Crippen LogP) is 0.507. The topological polar surface area (TPSA) is 90.9 Å². The number of carbonyl (C=O) groups is 2. The van der Waals surface area contributed by atoms with Crippen molar-refractivity contribution in [3.8, 4) is 0 Å². The van der Waals surface area contributed by atoms with E-state index in [2.05, 4.69) is 22.5 Å². The third-order valence-corrected chi connectivity index (χ3v) is 3.68. The van der Waals surface area contributed by atoms with E-state index in [4.69, 9.17) is 9.84 Å². The zero-order valence-electron chi connectivity index (χ0n) is 12.9. The van der Waals surface area contributed by atoms with Crippen molar-refractivity contribution in [1.29, 1.82) is 0 Å². The summed E-state index contributed by atoms with van der Waals surface area (Å²) in [6, 6.07) is -0.227. The lowest BCUT2D eigenvalue weighted by molar-refractivity contribution is -0.141. The van der Waals surface area contributed by atoms with Crippen LogP contribution in [0.3, 0.4) is 0 Å². The molecule has 0 spiro atoms. The summed E-state index contributed by atoms with van der Waals surface area (Å²) in [5.41, 5.74) is 0. The molecule has 2 amide bonds. The second-order valence-corrected chi connectivity index (χ2v) is 5.40. The first-order chi connectivity index (χ1) is 10.0. The van der Waals surface area contributed by atoms with Crippen LogP contribution in [-0.2, 0) is 9.53 Å². The monoisotopic (exact) mass is 301 g/mol. The minimum atomic E-state index is -0.797. The van der Waals surface area contributed by atoms with Crippen molar-refractivity contribution in [3.05, 3.63) is 0 Å². The zero-order chi connectivity index (χ0) is 15.7. The Morgan fingerprint density at radius 3 is 2.86 bits per heavy atom. The van der Waals surface area contributed by atoms with Crippen LogP contribution in [0.1, 0.15) is 26.7 Å². The molecule has 1 saturated heterocycles. The fourth-order valence-corrected chi connectivity index (χ4v) is 2.19. The third kappa shape index (κ3) is 7.29. The number of morpholine rings is 1. The van der Waals surface area contributed by atoms with Gasteiger partial charge in [-0.25, -0.2) is 4.79 Å². The van der Waals surface area contributed by atoms with Gasteiger partial charge in [0.25, 0.3) is 0 Å². The number of aliphatic carboxylic acids is 1. The normalized spacial score (nSPS) is 20.8. The number of rotatable bonds is 8. The summed E-state index contributed by atoms with van der Waals surface area (Å²) in [6.45, 7) is 8.24. The Morgan fingerprint density at radius 2 is 2.19 bits per heavy atom. The first-order valence-corrected chi connectivity index (χ1v) is 7.61. The SMILES string of the molecule is CCN1CCOC(CNC(=O)NCCCC(C)C(=O)O)C1. The number of carboxylic acid groups (broad SMARTS) is 1. The Bertz CT molecular complexity index is 338. The molecular weight excluding hydrogens is 274 g/mol. The maximum absolute atomic E-state index is 11.6. The molecule has 0 aromatic heterocycles. The Balaban J connectivity index is 2.07. The van der Waals surface area contributed by atoms with Crippen LogP contribution in [0.4, 0.5) is 4.79 Å². The minimum absolute atomic E-state index is 0.0384. The number of nitrogens with zero attached hydrogens (tertiary/aromatic N) is 1. The van der Waals surface area contributed by atoms with Crippen molar-refractivity contribution in [2.45, 2.75) is 32.8 Å². The van der Waals surface area contributed by atoms with Crippen LogP contribution < -0.4 is 10.6 Å². The predicted molar refractivity (Wildman–Crippen MR) is 79.3 cm³/mol. The number of likely N-dealkylation sites (N-methyl/N-ethyl adjacent to an activating group) is 1. The molecule has 0 saturated carbocycles. The third-order valence-electron chi connectivity index (χ3n) is 3.68. The van der Waals surface area contributed by atoms with Crippen molar-refractivity contribution in [3.63, 3.8) is 0 Å². The Labute approximate surface area is 126 Å².